The largest absolute Gasteiger partial charge is 0.347 e. The molecule has 0 amide bonds. The van der Waals surface area contributed by atoms with Gasteiger partial charge in [0.1, 0.15) is 12.0 Å². The van der Waals surface area contributed by atoms with Crippen molar-refractivity contribution in [2.45, 2.75) is 75.8 Å². The molecule has 0 bridgehead atoms. The van der Waals surface area contributed by atoms with Crippen LogP contribution in [0.2, 0.25) is 0 Å². The van der Waals surface area contributed by atoms with Crippen molar-refractivity contribution >= 4 is 26.5 Å². The van der Waals surface area contributed by atoms with E-state index in [1.807, 2.05) is 24.3 Å². The second-order valence-electron chi connectivity index (χ2n) is 10.7. The molecule has 5 nitrogen and oxygen atoms in total. The topological polar surface area (TPSA) is 63.2 Å². The number of sulfone groups is 1. The zero-order valence-electron chi connectivity index (χ0n) is 20.9. The molecule has 0 N–H and O–H groups in total. The fourth-order valence-electron chi connectivity index (χ4n) is 4.64. The van der Waals surface area contributed by atoms with Gasteiger partial charge in [-0.05, 0) is 60.3 Å². The quantitative estimate of drug-likeness (QED) is 0.446. The van der Waals surface area contributed by atoms with Gasteiger partial charge < -0.3 is 4.90 Å². The molecule has 1 fully saturated rings. The summed E-state index contributed by atoms with van der Waals surface area (Å²) in [6.45, 7) is 8.16. The van der Waals surface area contributed by atoms with Gasteiger partial charge in [0.15, 0.2) is 9.84 Å². The van der Waals surface area contributed by atoms with Crippen molar-refractivity contribution in [3.8, 4) is 0 Å². The number of allylic oxidation sites excluding steroid dienone is 4. The van der Waals surface area contributed by atoms with Gasteiger partial charge >= 0.3 is 0 Å². The summed E-state index contributed by atoms with van der Waals surface area (Å²) in [7, 11) is -3.28. The summed E-state index contributed by atoms with van der Waals surface area (Å²) in [4.78, 5) is 7.44. The molecular weight excluding hydrogens is 481 g/mol. The number of hydrogen-bond acceptors (Lipinski definition) is 6. The molecule has 0 spiro atoms. The van der Waals surface area contributed by atoms with E-state index in [0.717, 1.165) is 54.4 Å². The minimum absolute atomic E-state index is 0.00537. The van der Waals surface area contributed by atoms with Gasteiger partial charge in [-0.1, -0.05) is 51.1 Å². The average molecular weight is 518 g/mol. The smallest absolute Gasteiger partial charge is 0.205 e. The summed E-state index contributed by atoms with van der Waals surface area (Å²) in [6, 6.07) is 7.39. The lowest BCUT2D eigenvalue weighted by Crippen LogP contribution is -2.24. The standard InChI is InChI=1S/C27H36FN3O2S2/c1-27(2,3)22-8-12-24(13-9-22)35(32,33)18-15-20-5-4-16-31(17-14-20)26-29-25(30-34-26)19-21-6-10-23(28)11-7-21/h6-10,12-13,20,23H,4-5,11,14-19H2,1-3H3. The summed E-state index contributed by atoms with van der Waals surface area (Å²) < 4.78 is 43.7. The highest BCUT2D eigenvalue weighted by atomic mass is 32.2. The lowest BCUT2D eigenvalue weighted by Gasteiger charge is -2.19. The van der Waals surface area contributed by atoms with Gasteiger partial charge in [-0.25, -0.2) is 17.8 Å². The zero-order valence-corrected chi connectivity index (χ0v) is 22.5. The van der Waals surface area contributed by atoms with Crippen molar-refractivity contribution < 1.29 is 12.8 Å². The van der Waals surface area contributed by atoms with E-state index in [0.29, 0.717) is 30.1 Å². The Morgan fingerprint density at radius 2 is 1.91 bits per heavy atom. The molecule has 2 atom stereocenters. The Labute approximate surface area is 213 Å². The second kappa shape index (κ2) is 10.9. The first-order chi connectivity index (χ1) is 16.6. The van der Waals surface area contributed by atoms with Crippen LogP contribution >= 0.6 is 11.5 Å². The minimum atomic E-state index is -3.28. The average Bonchev–Trinajstić information content (AvgIpc) is 3.15. The number of alkyl halides is 1. The molecule has 8 heteroatoms. The number of rotatable bonds is 7. The molecular formula is C27H36FN3O2S2. The van der Waals surface area contributed by atoms with Crippen molar-refractivity contribution in [2.75, 3.05) is 23.7 Å². The molecule has 2 aromatic rings. The monoisotopic (exact) mass is 517 g/mol. The zero-order chi connectivity index (χ0) is 25.1. The molecule has 35 heavy (non-hydrogen) atoms. The van der Waals surface area contributed by atoms with Crippen LogP contribution in [0.5, 0.6) is 0 Å². The third kappa shape index (κ3) is 7.00. The Bertz CT molecular complexity index is 1160. The van der Waals surface area contributed by atoms with Gasteiger partial charge in [0.2, 0.25) is 5.13 Å². The molecule has 2 heterocycles. The van der Waals surface area contributed by atoms with E-state index in [2.05, 4.69) is 30.0 Å². The Morgan fingerprint density at radius 3 is 2.60 bits per heavy atom. The van der Waals surface area contributed by atoms with E-state index in [-0.39, 0.29) is 11.2 Å². The Balaban J connectivity index is 1.29. The van der Waals surface area contributed by atoms with E-state index >= 15 is 0 Å². The van der Waals surface area contributed by atoms with Crippen molar-refractivity contribution in [3.63, 3.8) is 0 Å². The molecule has 0 radical (unpaired) electrons. The van der Waals surface area contributed by atoms with Crippen molar-refractivity contribution in [1.82, 2.24) is 9.36 Å². The molecule has 0 saturated carbocycles. The highest BCUT2D eigenvalue weighted by Crippen LogP contribution is 2.29. The number of hydrogen-bond donors (Lipinski definition) is 0. The second-order valence-corrected chi connectivity index (χ2v) is 13.6. The summed E-state index contributed by atoms with van der Waals surface area (Å²) in [5, 5.41) is 0.927. The Morgan fingerprint density at radius 1 is 1.14 bits per heavy atom. The number of anilines is 1. The maximum Gasteiger partial charge on any atom is 0.205 e. The van der Waals surface area contributed by atoms with Crippen LogP contribution in [0.25, 0.3) is 0 Å². The van der Waals surface area contributed by atoms with Crippen LogP contribution in [0.3, 0.4) is 0 Å². The summed E-state index contributed by atoms with van der Waals surface area (Å²) >= 11 is 1.42. The van der Waals surface area contributed by atoms with Crippen LogP contribution in [-0.2, 0) is 21.7 Å². The molecule has 1 aliphatic carbocycles. The maximum absolute atomic E-state index is 13.3. The number of benzene rings is 1. The van der Waals surface area contributed by atoms with E-state index < -0.39 is 16.0 Å². The van der Waals surface area contributed by atoms with Crippen molar-refractivity contribution in [1.29, 1.82) is 0 Å². The van der Waals surface area contributed by atoms with E-state index in [1.165, 1.54) is 11.5 Å². The molecule has 1 saturated heterocycles. The van der Waals surface area contributed by atoms with Gasteiger partial charge in [-0.3, -0.25) is 0 Å². The molecule has 4 rings (SSSR count). The van der Waals surface area contributed by atoms with Crippen LogP contribution < -0.4 is 4.90 Å². The fourth-order valence-corrected chi connectivity index (χ4v) is 6.81. The van der Waals surface area contributed by atoms with Crippen LogP contribution in [0.15, 0.2) is 53.0 Å². The summed E-state index contributed by atoms with van der Waals surface area (Å²) in [6.07, 6.45) is 9.22. The Kier molecular flexibility index (Phi) is 8.11. The van der Waals surface area contributed by atoms with Gasteiger partial charge in [-0.2, -0.15) is 4.37 Å². The molecule has 2 unspecified atom stereocenters. The third-order valence-corrected chi connectivity index (χ3v) is 9.51. The van der Waals surface area contributed by atoms with E-state index in [4.69, 9.17) is 4.98 Å². The lowest BCUT2D eigenvalue weighted by molar-refractivity contribution is 0.400. The number of nitrogens with zero attached hydrogens (tertiary/aromatic N) is 3. The first kappa shape index (κ1) is 26.0. The SMILES string of the molecule is CC(C)(C)c1ccc(S(=O)(=O)CCC2CCCN(c3nc(CC4=CCC(F)C=C4)ns3)CC2)cc1. The first-order valence-electron chi connectivity index (χ1n) is 12.5. The van der Waals surface area contributed by atoms with Gasteiger partial charge in [0, 0.05) is 37.5 Å². The Hall–Kier alpha value is -2.06. The molecule has 1 aliphatic heterocycles. The highest BCUT2D eigenvalue weighted by molar-refractivity contribution is 7.91. The molecule has 2 aliphatic rings. The van der Waals surface area contributed by atoms with Crippen molar-refractivity contribution in [2.24, 2.45) is 5.92 Å². The van der Waals surface area contributed by atoms with Crippen molar-refractivity contribution in [3.05, 3.63) is 59.5 Å². The fraction of sp³-hybridized carbons (Fsp3) is 0.556. The number of halogens is 1. The molecule has 190 valence electrons. The van der Waals surface area contributed by atoms with Crippen LogP contribution in [0.4, 0.5) is 9.52 Å². The third-order valence-electron chi connectivity index (χ3n) is 6.94. The van der Waals surface area contributed by atoms with Crippen LogP contribution in [-0.4, -0.2) is 42.8 Å². The summed E-state index contributed by atoms with van der Waals surface area (Å²) in [5.74, 6) is 1.36. The minimum Gasteiger partial charge on any atom is -0.347 e. The van der Waals surface area contributed by atoms with Crippen LogP contribution in [0, 0.1) is 5.92 Å². The van der Waals surface area contributed by atoms with Gasteiger partial charge in [0.25, 0.3) is 0 Å². The van der Waals surface area contributed by atoms with Gasteiger partial charge in [0.05, 0.1) is 10.6 Å². The van der Waals surface area contributed by atoms with E-state index in [9.17, 15) is 12.8 Å². The van der Waals surface area contributed by atoms with Crippen LogP contribution in [0.1, 0.15) is 64.3 Å². The van der Waals surface area contributed by atoms with Gasteiger partial charge in [-0.15, -0.1) is 0 Å². The molecule has 1 aromatic heterocycles. The summed E-state index contributed by atoms with van der Waals surface area (Å²) in [5.41, 5.74) is 2.21. The number of aromatic nitrogens is 2. The normalized spacial score (nSPS) is 21.6. The predicted molar refractivity (Wildman–Crippen MR) is 142 cm³/mol. The first-order valence-corrected chi connectivity index (χ1v) is 14.9. The highest BCUT2D eigenvalue weighted by Gasteiger charge is 2.23. The van der Waals surface area contributed by atoms with E-state index in [1.54, 1.807) is 18.2 Å². The predicted octanol–water partition coefficient (Wildman–Crippen LogP) is 6.07. The lowest BCUT2D eigenvalue weighted by atomic mass is 9.87. The maximum atomic E-state index is 13.3. The molecule has 1 aromatic carbocycles.